The number of piperidine rings is 1. The molecule has 4 rings (SSSR count). The Labute approximate surface area is 233 Å². The highest BCUT2D eigenvalue weighted by Gasteiger charge is 2.42. The summed E-state index contributed by atoms with van der Waals surface area (Å²) in [6, 6.07) is 10.6. The number of alkyl halides is 4. The largest absolute Gasteiger partial charge is 0.497 e. The van der Waals surface area contributed by atoms with E-state index in [2.05, 4.69) is 9.88 Å². The highest BCUT2D eigenvalue weighted by Crippen LogP contribution is 2.42. The van der Waals surface area contributed by atoms with E-state index < -0.39 is 29.3 Å². The van der Waals surface area contributed by atoms with Crippen molar-refractivity contribution < 1.29 is 32.2 Å². The molecule has 1 saturated heterocycles. The Morgan fingerprint density at radius 3 is 2.62 bits per heavy atom. The number of methoxy groups -OCH3 is 1. The second-order valence-electron chi connectivity index (χ2n) is 9.68. The number of thioether (sulfide) groups is 1. The lowest BCUT2D eigenvalue weighted by Gasteiger charge is -2.39. The van der Waals surface area contributed by atoms with Gasteiger partial charge in [-0.25, -0.2) is 4.39 Å². The third-order valence-electron chi connectivity index (χ3n) is 7.38. The molecule has 2 heterocycles. The van der Waals surface area contributed by atoms with Gasteiger partial charge in [-0.3, -0.25) is 9.78 Å². The average molecular weight is 585 g/mol. The molecule has 0 spiro atoms. The predicted molar refractivity (Wildman–Crippen MR) is 144 cm³/mol. The van der Waals surface area contributed by atoms with Gasteiger partial charge in [0, 0.05) is 34.3 Å². The summed E-state index contributed by atoms with van der Waals surface area (Å²) in [4.78, 5) is 18.8. The second-order valence-corrected chi connectivity index (χ2v) is 11.2. The maximum atomic E-state index is 15.6. The van der Waals surface area contributed by atoms with Crippen LogP contribution in [0.15, 0.2) is 53.6 Å². The minimum atomic E-state index is -4.41. The minimum absolute atomic E-state index is 0.0214. The van der Waals surface area contributed by atoms with Crippen molar-refractivity contribution in [2.45, 2.75) is 42.9 Å². The third kappa shape index (κ3) is 6.78. The van der Waals surface area contributed by atoms with Gasteiger partial charge < -0.3 is 14.7 Å². The first kappa shape index (κ1) is 29.4. The van der Waals surface area contributed by atoms with Crippen LogP contribution in [0.2, 0.25) is 5.02 Å². The molecule has 0 radical (unpaired) electrons. The molecule has 1 aliphatic heterocycles. The lowest BCUT2D eigenvalue weighted by Crippen LogP contribution is -2.45. The van der Waals surface area contributed by atoms with E-state index >= 15 is 4.39 Å². The summed E-state index contributed by atoms with van der Waals surface area (Å²) in [6.45, 7) is 1.47. The van der Waals surface area contributed by atoms with Gasteiger partial charge in [0.25, 0.3) is 0 Å². The zero-order valence-corrected chi connectivity index (χ0v) is 22.9. The molecule has 5 nitrogen and oxygen atoms in total. The Morgan fingerprint density at radius 2 is 1.95 bits per heavy atom. The van der Waals surface area contributed by atoms with Gasteiger partial charge in [0.2, 0.25) is 0 Å². The molecule has 11 heteroatoms. The van der Waals surface area contributed by atoms with E-state index in [0.29, 0.717) is 54.9 Å². The number of aromatic nitrogens is 1. The summed E-state index contributed by atoms with van der Waals surface area (Å²) < 4.78 is 60.6. The quantitative estimate of drug-likeness (QED) is 0.195. The molecule has 0 aliphatic carbocycles. The number of pyridine rings is 1. The van der Waals surface area contributed by atoms with E-state index in [1.807, 2.05) is 0 Å². The van der Waals surface area contributed by atoms with Crippen molar-refractivity contribution in [1.82, 2.24) is 9.88 Å². The number of rotatable bonds is 10. The third-order valence-corrected chi connectivity index (χ3v) is 8.74. The first-order valence-electron chi connectivity index (χ1n) is 12.5. The monoisotopic (exact) mass is 584 g/mol. The van der Waals surface area contributed by atoms with E-state index in [9.17, 15) is 23.1 Å². The van der Waals surface area contributed by atoms with Gasteiger partial charge in [0.15, 0.2) is 0 Å². The van der Waals surface area contributed by atoms with Gasteiger partial charge in [-0.2, -0.15) is 13.2 Å². The number of nitrogens with zero attached hydrogens (tertiary/aromatic N) is 2. The summed E-state index contributed by atoms with van der Waals surface area (Å²) in [5.74, 6) is 0.0150. The fourth-order valence-corrected chi connectivity index (χ4v) is 6.40. The second kappa shape index (κ2) is 12.3. The number of benzene rings is 2. The summed E-state index contributed by atoms with van der Waals surface area (Å²) >= 11 is 7.46. The first-order chi connectivity index (χ1) is 18.5. The van der Waals surface area contributed by atoms with Gasteiger partial charge in [0.1, 0.15) is 11.9 Å². The van der Waals surface area contributed by atoms with Crippen LogP contribution >= 0.6 is 23.4 Å². The van der Waals surface area contributed by atoms with Gasteiger partial charge in [-0.05, 0) is 69.1 Å². The fourth-order valence-electron chi connectivity index (χ4n) is 5.05. The van der Waals surface area contributed by atoms with E-state index in [0.717, 1.165) is 17.8 Å². The number of likely N-dealkylation sites (tertiary alicyclic amines) is 1. The molecule has 0 unspecified atom stereocenters. The normalized spacial score (nSPS) is 16.8. The molecule has 1 fully saturated rings. The van der Waals surface area contributed by atoms with Crippen LogP contribution in [0, 0.1) is 5.41 Å². The smallest absolute Gasteiger partial charge is 0.417 e. The first-order valence-corrected chi connectivity index (χ1v) is 13.9. The number of halogens is 5. The van der Waals surface area contributed by atoms with Crippen LogP contribution in [0.1, 0.15) is 43.0 Å². The number of aliphatic carboxylic acids is 1. The van der Waals surface area contributed by atoms with E-state index in [-0.39, 0.29) is 28.3 Å². The minimum Gasteiger partial charge on any atom is -0.497 e. The van der Waals surface area contributed by atoms with Crippen molar-refractivity contribution in [3.63, 3.8) is 0 Å². The van der Waals surface area contributed by atoms with Crippen LogP contribution in [0.4, 0.5) is 17.6 Å². The standard InChI is InChI=1S/C28H29ClF4N2O3S/c1-38-18-6-7-23-19(16-18)25(21(29)17-34-23)22(30)8-9-27(26(36)37)10-12-35(13-11-27)14-15-39-24-5-3-2-4-20(24)28(31,32)33/h2-7,16-17,22H,8-15H2,1H3,(H,36,37)/t22-/m0/s1. The van der Waals surface area contributed by atoms with Crippen LogP contribution < -0.4 is 4.74 Å². The maximum absolute atomic E-state index is 15.6. The van der Waals surface area contributed by atoms with Crippen molar-refractivity contribution in [1.29, 1.82) is 0 Å². The van der Waals surface area contributed by atoms with Crippen molar-refractivity contribution in [3.8, 4) is 5.75 Å². The van der Waals surface area contributed by atoms with Crippen molar-refractivity contribution in [2.24, 2.45) is 5.41 Å². The number of hydrogen-bond donors (Lipinski definition) is 1. The van der Waals surface area contributed by atoms with Crippen LogP contribution in [-0.2, 0) is 11.0 Å². The van der Waals surface area contributed by atoms with E-state index in [1.165, 1.54) is 25.4 Å². The number of fused-ring (bicyclic) bond motifs is 1. The van der Waals surface area contributed by atoms with Crippen LogP contribution in [0.3, 0.4) is 0 Å². The van der Waals surface area contributed by atoms with Crippen molar-refractivity contribution >= 4 is 40.2 Å². The SMILES string of the molecule is COc1ccc2ncc(Cl)c([C@@H](F)CCC3(C(=O)O)CCN(CCSc4ccccc4C(F)(F)F)CC3)c2c1. The molecule has 39 heavy (non-hydrogen) atoms. The van der Waals surface area contributed by atoms with Crippen molar-refractivity contribution in [2.75, 3.05) is 32.5 Å². The van der Waals surface area contributed by atoms with E-state index in [4.69, 9.17) is 16.3 Å². The molecule has 1 N–H and O–H groups in total. The Morgan fingerprint density at radius 1 is 1.23 bits per heavy atom. The topological polar surface area (TPSA) is 62.7 Å². The van der Waals surface area contributed by atoms with Gasteiger partial charge in [-0.15, -0.1) is 11.8 Å². The number of carboxylic acids is 1. The fraction of sp³-hybridized carbons (Fsp3) is 0.429. The van der Waals surface area contributed by atoms with Crippen LogP contribution in [0.5, 0.6) is 5.75 Å². The maximum Gasteiger partial charge on any atom is 0.417 e. The molecule has 1 atom stereocenters. The number of hydrogen-bond acceptors (Lipinski definition) is 5. The lowest BCUT2D eigenvalue weighted by atomic mass is 9.74. The molecular weight excluding hydrogens is 556 g/mol. The molecule has 0 saturated carbocycles. The van der Waals surface area contributed by atoms with Crippen LogP contribution in [-0.4, -0.2) is 53.5 Å². The molecule has 1 aromatic heterocycles. The predicted octanol–water partition coefficient (Wildman–Crippen LogP) is 7.67. The number of carbonyl (C=O) groups is 1. The molecule has 2 aromatic carbocycles. The molecular formula is C28H29ClF4N2O3S. The zero-order chi connectivity index (χ0) is 28.2. The molecule has 0 bridgehead atoms. The molecule has 210 valence electrons. The van der Waals surface area contributed by atoms with Gasteiger partial charge in [0.05, 0.1) is 28.6 Å². The average Bonchev–Trinajstić information content (AvgIpc) is 2.91. The lowest BCUT2D eigenvalue weighted by molar-refractivity contribution is -0.153. The zero-order valence-electron chi connectivity index (χ0n) is 21.3. The van der Waals surface area contributed by atoms with E-state index in [1.54, 1.807) is 24.3 Å². The van der Waals surface area contributed by atoms with Gasteiger partial charge in [-0.1, -0.05) is 23.7 Å². The Balaban J connectivity index is 1.37. The number of carboxylic acid groups (broad SMARTS) is 1. The Hall–Kier alpha value is -2.56. The summed E-state index contributed by atoms with van der Waals surface area (Å²) in [5.41, 5.74) is -0.895. The summed E-state index contributed by atoms with van der Waals surface area (Å²) in [5, 5.41) is 10.8. The molecule has 3 aromatic rings. The Kier molecular flexibility index (Phi) is 9.29. The highest BCUT2D eigenvalue weighted by atomic mass is 35.5. The molecule has 0 amide bonds. The summed E-state index contributed by atoms with van der Waals surface area (Å²) in [7, 11) is 1.51. The van der Waals surface area contributed by atoms with Crippen LogP contribution in [0.25, 0.3) is 10.9 Å². The molecule has 1 aliphatic rings. The summed E-state index contributed by atoms with van der Waals surface area (Å²) in [6.07, 6.45) is -3.73. The highest BCUT2D eigenvalue weighted by molar-refractivity contribution is 7.99. The van der Waals surface area contributed by atoms with Gasteiger partial charge >= 0.3 is 12.1 Å². The van der Waals surface area contributed by atoms with Crippen molar-refractivity contribution in [3.05, 3.63) is 64.8 Å². The number of ether oxygens (including phenoxy) is 1. The Bertz CT molecular complexity index is 1320.